The van der Waals surface area contributed by atoms with Gasteiger partial charge in [0.05, 0.1) is 6.61 Å². The van der Waals surface area contributed by atoms with Crippen molar-refractivity contribution in [1.82, 2.24) is 5.32 Å². The van der Waals surface area contributed by atoms with Crippen LogP contribution in [0, 0.1) is 5.82 Å². The van der Waals surface area contributed by atoms with E-state index in [9.17, 15) is 4.39 Å². The molecule has 2 nitrogen and oxygen atoms in total. The third-order valence-corrected chi connectivity index (χ3v) is 3.52. The van der Waals surface area contributed by atoms with E-state index in [1.807, 2.05) is 6.07 Å². The topological polar surface area (TPSA) is 21.3 Å². The van der Waals surface area contributed by atoms with Gasteiger partial charge < -0.3 is 10.1 Å². The van der Waals surface area contributed by atoms with Crippen LogP contribution in [0.1, 0.15) is 18.9 Å². The Kier molecular flexibility index (Phi) is 7.94. The highest BCUT2D eigenvalue weighted by Crippen LogP contribution is 2.20. The number of benzene rings is 1. The number of hydrogen-bond acceptors (Lipinski definition) is 2. The third-order valence-electron chi connectivity index (χ3n) is 2.78. The lowest BCUT2D eigenvalue weighted by Gasteiger charge is -2.06. The summed E-state index contributed by atoms with van der Waals surface area (Å²) in [7, 11) is 1.70. The molecule has 1 N–H and O–H groups in total. The summed E-state index contributed by atoms with van der Waals surface area (Å²) in [5.41, 5.74) is 2.41. The van der Waals surface area contributed by atoms with Crippen molar-refractivity contribution in [3.63, 3.8) is 0 Å². The zero-order chi connectivity index (χ0) is 14.1. The molecule has 0 aliphatic heterocycles. The molecule has 0 amide bonds. The maximum absolute atomic E-state index is 13.0. The molecule has 0 unspecified atom stereocenters. The minimum atomic E-state index is -0.209. The summed E-state index contributed by atoms with van der Waals surface area (Å²) < 4.78 is 18.8. The molecule has 0 saturated carbocycles. The molecule has 0 spiro atoms. The van der Waals surface area contributed by atoms with Crippen LogP contribution in [0.3, 0.4) is 0 Å². The smallest absolute Gasteiger partial charge is 0.124 e. The van der Waals surface area contributed by atoms with Gasteiger partial charge >= 0.3 is 0 Å². The molecule has 0 atom stereocenters. The first kappa shape index (κ1) is 16.3. The van der Waals surface area contributed by atoms with Crippen LogP contribution in [0.15, 0.2) is 34.3 Å². The van der Waals surface area contributed by atoms with Gasteiger partial charge in [-0.15, -0.1) is 0 Å². The Bertz CT molecular complexity index is 421. The van der Waals surface area contributed by atoms with Crippen molar-refractivity contribution in [2.45, 2.75) is 19.8 Å². The van der Waals surface area contributed by atoms with Gasteiger partial charge in [0.15, 0.2) is 0 Å². The van der Waals surface area contributed by atoms with Crippen LogP contribution in [-0.2, 0) is 11.2 Å². The second-order valence-corrected chi connectivity index (χ2v) is 5.35. The largest absolute Gasteiger partial charge is 0.383 e. The minimum absolute atomic E-state index is 0.209. The highest BCUT2D eigenvalue weighted by Gasteiger charge is 2.02. The van der Waals surface area contributed by atoms with Crippen LogP contribution >= 0.6 is 15.9 Å². The monoisotopic (exact) mass is 329 g/mol. The summed E-state index contributed by atoms with van der Waals surface area (Å²) >= 11 is 3.39. The molecule has 0 aromatic heterocycles. The standard InChI is InChI=1S/C15H21BrFNO/c1-12(4-3-7-18-8-9-19-2)10-13-5-6-14(17)11-15(13)16/h4-6,11,18H,3,7-10H2,1-2H3. The maximum Gasteiger partial charge on any atom is 0.124 e. The van der Waals surface area contributed by atoms with Crippen LogP contribution in [0.4, 0.5) is 4.39 Å². The van der Waals surface area contributed by atoms with Crippen molar-refractivity contribution in [2.24, 2.45) is 0 Å². The zero-order valence-electron chi connectivity index (χ0n) is 11.5. The van der Waals surface area contributed by atoms with Gasteiger partial charge in [-0.1, -0.05) is 33.6 Å². The Morgan fingerprint density at radius 2 is 2.21 bits per heavy atom. The molecule has 19 heavy (non-hydrogen) atoms. The Labute approximate surface area is 123 Å². The van der Waals surface area contributed by atoms with E-state index in [1.165, 1.54) is 17.7 Å². The summed E-state index contributed by atoms with van der Waals surface area (Å²) in [6.07, 6.45) is 4.06. The molecule has 1 rings (SSSR count). The van der Waals surface area contributed by atoms with Gasteiger partial charge in [-0.25, -0.2) is 4.39 Å². The highest BCUT2D eigenvalue weighted by atomic mass is 79.9. The maximum atomic E-state index is 13.0. The molecule has 0 aliphatic carbocycles. The molecule has 106 valence electrons. The Morgan fingerprint density at radius 3 is 2.89 bits per heavy atom. The number of halogens is 2. The number of allylic oxidation sites excluding steroid dienone is 1. The van der Waals surface area contributed by atoms with Gasteiger partial charge in [0.25, 0.3) is 0 Å². The number of nitrogens with one attached hydrogen (secondary N) is 1. The van der Waals surface area contributed by atoms with Gasteiger partial charge in [0.2, 0.25) is 0 Å². The molecule has 4 heteroatoms. The fourth-order valence-electron chi connectivity index (χ4n) is 1.76. The second kappa shape index (κ2) is 9.23. The first-order valence-corrected chi connectivity index (χ1v) is 7.22. The van der Waals surface area contributed by atoms with E-state index in [0.717, 1.165) is 42.6 Å². The molecular weight excluding hydrogens is 309 g/mol. The van der Waals surface area contributed by atoms with Crippen molar-refractivity contribution >= 4 is 15.9 Å². The SMILES string of the molecule is COCCNCCC=C(C)Cc1ccc(F)cc1Br. The number of ether oxygens (including phenoxy) is 1. The molecule has 0 fully saturated rings. The Balaban J connectivity index is 2.35. The van der Waals surface area contributed by atoms with Gasteiger partial charge in [-0.2, -0.15) is 0 Å². The van der Waals surface area contributed by atoms with E-state index < -0.39 is 0 Å². The first-order chi connectivity index (χ1) is 9.13. The highest BCUT2D eigenvalue weighted by molar-refractivity contribution is 9.10. The zero-order valence-corrected chi connectivity index (χ0v) is 13.1. The average Bonchev–Trinajstić information content (AvgIpc) is 2.37. The molecule has 1 aromatic rings. The number of rotatable bonds is 8. The lowest BCUT2D eigenvalue weighted by Crippen LogP contribution is -2.19. The average molecular weight is 330 g/mol. The van der Waals surface area contributed by atoms with E-state index in [-0.39, 0.29) is 5.82 Å². The van der Waals surface area contributed by atoms with Crippen molar-refractivity contribution < 1.29 is 9.13 Å². The molecule has 0 radical (unpaired) electrons. The van der Waals surface area contributed by atoms with Crippen LogP contribution in [0.5, 0.6) is 0 Å². The Hall–Kier alpha value is -0.710. The molecule has 0 heterocycles. The predicted octanol–water partition coefficient (Wildman–Crippen LogP) is 3.70. The van der Waals surface area contributed by atoms with Gasteiger partial charge in [-0.05, 0) is 44.0 Å². The number of methoxy groups -OCH3 is 1. The van der Waals surface area contributed by atoms with Crippen LogP contribution in [0.25, 0.3) is 0 Å². The van der Waals surface area contributed by atoms with Crippen LogP contribution < -0.4 is 5.32 Å². The lowest BCUT2D eigenvalue weighted by atomic mass is 10.1. The molecule has 0 aliphatic rings. The van der Waals surface area contributed by atoms with Crippen molar-refractivity contribution in [2.75, 3.05) is 26.8 Å². The minimum Gasteiger partial charge on any atom is -0.383 e. The molecule has 1 aromatic carbocycles. The van der Waals surface area contributed by atoms with Gasteiger partial charge in [0.1, 0.15) is 5.82 Å². The van der Waals surface area contributed by atoms with Crippen molar-refractivity contribution in [3.8, 4) is 0 Å². The van der Waals surface area contributed by atoms with E-state index in [1.54, 1.807) is 7.11 Å². The predicted molar refractivity (Wildman–Crippen MR) is 80.9 cm³/mol. The Morgan fingerprint density at radius 1 is 1.42 bits per heavy atom. The normalized spacial score (nSPS) is 11.9. The van der Waals surface area contributed by atoms with Crippen LogP contribution in [0.2, 0.25) is 0 Å². The van der Waals surface area contributed by atoms with Gasteiger partial charge in [0, 0.05) is 18.1 Å². The van der Waals surface area contributed by atoms with E-state index >= 15 is 0 Å². The lowest BCUT2D eigenvalue weighted by molar-refractivity contribution is 0.199. The second-order valence-electron chi connectivity index (χ2n) is 4.49. The fourth-order valence-corrected chi connectivity index (χ4v) is 2.25. The summed E-state index contributed by atoms with van der Waals surface area (Å²) in [5, 5.41) is 3.30. The van der Waals surface area contributed by atoms with E-state index in [0.29, 0.717) is 0 Å². The fraction of sp³-hybridized carbons (Fsp3) is 0.467. The van der Waals surface area contributed by atoms with Crippen molar-refractivity contribution in [3.05, 3.63) is 45.7 Å². The summed E-state index contributed by atoms with van der Waals surface area (Å²) in [5.74, 6) is -0.209. The molecule has 0 bridgehead atoms. The molecule has 0 saturated heterocycles. The van der Waals surface area contributed by atoms with Gasteiger partial charge in [-0.3, -0.25) is 0 Å². The van der Waals surface area contributed by atoms with E-state index in [2.05, 4.69) is 34.2 Å². The summed E-state index contributed by atoms with van der Waals surface area (Å²) in [6.45, 7) is 4.67. The summed E-state index contributed by atoms with van der Waals surface area (Å²) in [4.78, 5) is 0. The number of hydrogen-bond donors (Lipinski definition) is 1. The van der Waals surface area contributed by atoms with Crippen molar-refractivity contribution in [1.29, 1.82) is 0 Å². The third kappa shape index (κ3) is 6.85. The van der Waals surface area contributed by atoms with Crippen LogP contribution in [-0.4, -0.2) is 26.8 Å². The van der Waals surface area contributed by atoms with E-state index in [4.69, 9.17) is 4.74 Å². The first-order valence-electron chi connectivity index (χ1n) is 6.42. The quantitative estimate of drug-likeness (QED) is 0.580. The summed E-state index contributed by atoms with van der Waals surface area (Å²) in [6, 6.07) is 4.84. The molecular formula is C15H21BrFNO.